The van der Waals surface area contributed by atoms with Gasteiger partial charge in [-0.25, -0.2) is 8.42 Å². The average Bonchev–Trinajstić information content (AvgIpc) is 2.79. The molecule has 0 aliphatic heterocycles. The minimum absolute atomic E-state index is 0.129. The molecule has 0 radical (unpaired) electrons. The Kier molecular flexibility index (Phi) is 7.55. The highest BCUT2D eigenvalue weighted by atomic mass is 35.5. The van der Waals surface area contributed by atoms with Crippen LogP contribution in [0.2, 0.25) is 5.02 Å². The van der Waals surface area contributed by atoms with E-state index in [0.29, 0.717) is 12.1 Å². The van der Waals surface area contributed by atoms with Crippen LogP contribution < -0.4 is 14.8 Å². The van der Waals surface area contributed by atoms with Crippen molar-refractivity contribution in [3.05, 3.63) is 88.9 Å². The van der Waals surface area contributed by atoms with Crippen LogP contribution in [0.4, 0.5) is 5.69 Å². The third-order valence-corrected chi connectivity index (χ3v) is 6.31. The maximum Gasteiger partial charge on any atom is 0.261 e. The molecule has 0 atom stereocenters. The Balaban J connectivity index is 1.54. The van der Waals surface area contributed by atoms with Crippen molar-refractivity contribution in [2.45, 2.75) is 17.7 Å². The molecule has 0 heterocycles. The van der Waals surface area contributed by atoms with Crippen molar-refractivity contribution in [2.75, 3.05) is 18.4 Å². The smallest absolute Gasteiger partial charge is 0.261 e. The molecule has 0 unspecified atom stereocenters. The average molecular weight is 459 g/mol. The summed E-state index contributed by atoms with van der Waals surface area (Å²) >= 11 is 6.22. The van der Waals surface area contributed by atoms with Crippen molar-refractivity contribution >= 4 is 33.2 Å². The van der Waals surface area contributed by atoms with Crippen molar-refractivity contribution in [2.24, 2.45) is 0 Å². The number of rotatable bonds is 9. The molecule has 8 heteroatoms. The number of benzene rings is 3. The second-order valence-electron chi connectivity index (χ2n) is 6.82. The van der Waals surface area contributed by atoms with Gasteiger partial charge in [-0.3, -0.25) is 9.52 Å². The second-order valence-corrected chi connectivity index (χ2v) is 8.91. The Bertz CT molecular complexity index is 1130. The molecule has 0 spiro atoms. The van der Waals surface area contributed by atoms with E-state index in [9.17, 15) is 13.2 Å². The van der Waals surface area contributed by atoms with Crippen molar-refractivity contribution < 1.29 is 17.9 Å². The number of aryl methyl sites for hydroxylation is 1. The van der Waals surface area contributed by atoms with Gasteiger partial charge >= 0.3 is 0 Å². The summed E-state index contributed by atoms with van der Waals surface area (Å²) in [7, 11) is -2.13. The summed E-state index contributed by atoms with van der Waals surface area (Å²) in [6.07, 6.45) is 1.60. The van der Waals surface area contributed by atoms with Gasteiger partial charge in [0.05, 0.1) is 22.7 Å². The van der Waals surface area contributed by atoms with Crippen LogP contribution in [0.1, 0.15) is 22.3 Å². The maximum atomic E-state index is 12.4. The van der Waals surface area contributed by atoms with Gasteiger partial charge in [-0.15, -0.1) is 0 Å². The summed E-state index contributed by atoms with van der Waals surface area (Å²) in [5.74, 6) is 0.539. The van der Waals surface area contributed by atoms with E-state index in [1.54, 1.807) is 25.3 Å². The van der Waals surface area contributed by atoms with Gasteiger partial charge in [-0.05, 0) is 60.9 Å². The van der Waals surface area contributed by atoms with Crippen molar-refractivity contribution in [1.29, 1.82) is 0 Å². The van der Waals surface area contributed by atoms with Crippen LogP contribution in [0.5, 0.6) is 5.75 Å². The first-order chi connectivity index (χ1) is 14.9. The highest BCUT2D eigenvalue weighted by Crippen LogP contribution is 2.26. The summed E-state index contributed by atoms with van der Waals surface area (Å²) in [5, 5.41) is 3.00. The molecule has 0 aliphatic carbocycles. The van der Waals surface area contributed by atoms with Crippen LogP contribution in [0, 0.1) is 0 Å². The van der Waals surface area contributed by atoms with E-state index < -0.39 is 10.0 Å². The predicted octanol–water partition coefficient (Wildman–Crippen LogP) is 4.51. The highest BCUT2D eigenvalue weighted by Gasteiger charge is 2.16. The number of hydrogen-bond acceptors (Lipinski definition) is 4. The first kappa shape index (κ1) is 22.7. The van der Waals surface area contributed by atoms with Crippen LogP contribution in [-0.2, 0) is 16.4 Å². The Morgan fingerprint density at radius 2 is 1.71 bits per heavy atom. The number of hydrogen-bond donors (Lipinski definition) is 2. The number of carbonyl (C=O) groups is 1. The van der Waals surface area contributed by atoms with E-state index in [1.165, 1.54) is 30.3 Å². The molecule has 3 rings (SSSR count). The number of methoxy groups -OCH3 is 1. The molecule has 0 saturated heterocycles. The molecule has 0 aromatic heterocycles. The van der Waals surface area contributed by atoms with Gasteiger partial charge in [0.2, 0.25) is 0 Å². The number of anilines is 1. The number of halogens is 1. The van der Waals surface area contributed by atoms with Crippen LogP contribution in [-0.4, -0.2) is 28.0 Å². The first-order valence-electron chi connectivity index (χ1n) is 9.67. The zero-order valence-corrected chi connectivity index (χ0v) is 18.5. The molecule has 0 bridgehead atoms. The van der Waals surface area contributed by atoms with Gasteiger partial charge in [0.15, 0.2) is 0 Å². The van der Waals surface area contributed by atoms with Crippen LogP contribution >= 0.6 is 11.6 Å². The van der Waals surface area contributed by atoms with E-state index in [-0.39, 0.29) is 21.5 Å². The van der Waals surface area contributed by atoms with Gasteiger partial charge in [0.25, 0.3) is 15.9 Å². The highest BCUT2D eigenvalue weighted by molar-refractivity contribution is 7.92. The number of sulfonamides is 1. The van der Waals surface area contributed by atoms with E-state index in [4.69, 9.17) is 16.3 Å². The lowest BCUT2D eigenvalue weighted by molar-refractivity contribution is 0.0953. The van der Waals surface area contributed by atoms with Crippen molar-refractivity contribution in [3.63, 3.8) is 0 Å². The van der Waals surface area contributed by atoms with Crippen LogP contribution in [0.25, 0.3) is 0 Å². The topological polar surface area (TPSA) is 84.5 Å². The Morgan fingerprint density at radius 1 is 1.00 bits per heavy atom. The van der Waals surface area contributed by atoms with Gasteiger partial charge < -0.3 is 10.1 Å². The van der Waals surface area contributed by atoms with Crippen molar-refractivity contribution in [3.8, 4) is 5.75 Å². The van der Waals surface area contributed by atoms with Gasteiger partial charge in [-0.1, -0.05) is 41.9 Å². The molecule has 3 aromatic carbocycles. The van der Waals surface area contributed by atoms with E-state index in [2.05, 4.69) is 10.0 Å². The van der Waals surface area contributed by atoms with Gasteiger partial charge in [0.1, 0.15) is 5.75 Å². The molecule has 3 aromatic rings. The molecule has 1 amide bonds. The fourth-order valence-electron chi connectivity index (χ4n) is 2.93. The fourth-order valence-corrected chi connectivity index (χ4v) is 4.32. The molecule has 2 N–H and O–H groups in total. The molecule has 162 valence electrons. The maximum absolute atomic E-state index is 12.4. The third kappa shape index (κ3) is 6.23. The molecule has 0 fully saturated rings. The minimum atomic E-state index is -3.76. The summed E-state index contributed by atoms with van der Waals surface area (Å²) in [6, 6.07) is 20.3. The van der Waals surface area contributed by atoms with E-state index in [1.807, 2.05) is 24.3 Å². The van der Waals surface area contributed by atoms with Crippen LogP contribution in [0.15, 0.2) is 77.7 Å². The zero-order chi connectivity index (χ0) is 22.3. The number of amides is 1. The van der Waals surface area contributed by atoms with Gasteiger partial charge in [0, 0.05) is 12.1 Å². The lowest BCUT2D eigenvalue weighted by Crippen LogP contribution is -2.24. The molecule has 31 heavy (non-hydrogen) atoms. The quantitative estimate of drug-likeness (QED) is 0.462. The molecule has 0 saturated carbocycles. The number of carbonyl (C=O) groups excluding carboxylic acids is 1. The third-order valence-electron chi connectivity index (χ3n) is 4.62. The number of ether oxygens (including phenoxy) is 1. The molecular weight excluding hydrogens is 436 g/mol. The normalized spacial score (nSPS) is 11.0. The summed E-state index contributed by atoms with van der Waals surface area (Å²) in [4.78, 5) is 12.5. The summed E-state index contributed by atoms with van der Waals surface area (Å²) in [5.41, 5.74) is 1.73. The largest absolute Gasteiger partial charge is 0.497 e. The predicted molar refractivity (Wildman–Crippen MR) is 122 cm³/mol. The lowest BCUT2D eigenvalue weighted by Gasteiger charge is -2.11. The standard InChI is InChI=1S/C23H23ClN2O4S/c1-30-19-12-9-17(10-13-19)6-5-15-25-23(27)18-11-14-22(21(24)16-18)26-31(28,29)20-7-3-2-4-8-20/h2-4,7-14,16,26H,5-6,15H2,1H3,(H,25,27). The van der Waals surface area contributed by atoms with E-state index >= 15 is 0 Å². The summed E-state index contributed by atoms with van der Waals surface area (Å²) < 4.78 is 32.5. The SMILES string of the molecule is COc1ccc(CCCNC(=O)c2ccc(NS(=O)(=O)c3ccccc3)c(Cl)c2)cc1. The molecule has 6 nitrogen and oxygen atoms in total. The zero-order valence-electron chi connectivity index (χ0n) is 17.0. The van der Waals surface area contributed by atoms with Crippen molar-refractivity contribution in [1.82, 2.24) is 5.32 Å². The van der Waals surface area contributed by atoms with Gasteiger partial charge in [-0.2, -0.15) is 0 Å². The molecular formula is C23H23ClN2O4S. The molecule has 0 aliphatic rings. The Morgan fingerprint density at radius 3 is 2.35 bits per heavy atom. The Labute approximate surface area is 187 Å². The monoisotopic (exact) mass is 458 g/mol. The Hall–Kier alpha value is -3.03. The second kappa shape index (κ2) is 10.3. The van der Waals surface area contributed by atoms with Crippen LogP contribution in [0.3, 0.4) is 0 Å². The minimum Gasteiger partial charge on any atom is -0.497 e. The summed E-state index contributed by atoms with van der Waals surface area (Å²) in [6.45, 7) is 0.505. The lowest BCUT2D eigenvalue weighted by atomic mass is 10.1. The first-order valence-corrected chi connectivity index (χ1v) is 11.5. The number of nitrogens with one attached hydrogen (secondary N) is 2. The van der Waals surface area contributed by atoms with E-state index in [0.717, 1.165) is 24.2 Å². The fraction of sp³-hybridized carbons (Fsp3) is 0.174.